The number of aromatic nitrogens is 2. The third kappa shape index (κ3) is 2.96. The van der Waals surface area contributed by atoms with Gasteiger partial charge in [-0.05, 0) is 24.3 Å². The van der Waals surface area contributed by atoms with E-state index in [2.05, 4.69) is 4.98 Å². The Hall–Kier alpha value is -2.66. The fraction of sp³-hybridized carbons (Fsp3) is 0.118. The SMILES string of the molecule is CC(=O)OCc1nc2ccccc2c(=O)n1-c1ccccc1Cl. The first-order chi connectivity index (χ1) is 11.1. The minimum atomic E-state index is -0.446. The Morgan fingerprint density at radius 2 is 1.87 bits per heavy atom. The average Bonchev–Trinajstić information content (AvgIpc) is 2.54. The number of fused-ring (bicyclic) bond motifs is 1. The molecule has 0 bridgehead atoms. The molecule has 0 saturated carbocycles. The summed E-state index contributed by atoms with van der Waals surface area (Å²) in [5.41, 5.74) is 0.786. The summed E-state index contributed by atoms with van der Waals surface area (Å²) >= 11 is 6.22. The van der Waals surface area contributed by atoms with E-state index in [1.165, 1.54) is 11.5 Å². The zero-order valence-corrected chi connectivity index (χ0v) is 13.1. The van der Waals surface area contributed by atoms with Crippen LogP contribution in [0.2, 0.25) is 5.02 Å². The van der Waals surface area contributed by atoms with E-state index in [9.17, 15) is 9.59 Å². The topological polar surface area (TPSA) is 61.2 Å². The Labute approximate surface area is 137 Å². The molecule has 3 rings (SSSR count). The first kappa shape index (κ1) is 15.2. The normalized spacial score (nSPS) is 10.7. The van der Waals surface area contributed by atoms with E-state index in [4.69, 9.17) is 16.3 Å². The van der Waals surface area contributed by atoms with Gasteiger partial charge in [0, 0.05) is 6.92 Å². The van der Waals surface area contributed by atoms with E-state index in [0.29, 0.717) is 27.4 Å². The number of hydrogen-bond donors (Lipinski definition) is 0. The number of para-hydroxylation sites is 2. The minimum absolute atomic E-state index is 0.110. The Bertz CT molecular complexity index is 950. The lowest BCUT2D eigenvalue weighted by Gasteiger charge is -2.14. The van der Waals surface area contributed by atoms with Crippen molar-refractivity contribution in [1.82, 2.24) is 9.55 Å². The molecule has 116 valence electrons. The van der Waals surface area contributed by atoms with Crippen molar-refractivity contribution in [3.8, 4) is 5.69 Å². The van der Waals surface area contributed by atoms with Crippen molar-refractivity contribution in [1.29, 1.82) is 0 Å². The summed E-state index contributed by atoms with van der Waals surface area (Å²) in [7, 11) is 0. The third-order valence-corrected chi connectivity index (χ3v) is 3.66. The summed E-state index contributed by atoms with van der Waals surface area (Å²) in [6.07, 6.45) is 0. The summed E-state index contributed by atoms with van der Waals surface area (Å²) in [5.74, 6) is -0.130. The summed E-state index contributed by atoms with van der Waals surface area (Å²) in [6.45, 7) is 1.19. The van der Waals surface area contributed by atoms with Gasteiger partial charge in [-0.2, -0.15) is 0 Å². The van der Waals surface area contributed by atoms with Crippen molar-refractivity contribution in [2.24, 2.45) is 0 Å². The summed E-state index contributed by atoms with van der Waals surface area (Å²) in [6, 6.07) is 14.0. The second-order valence-electron chi connectivity index (χ2n) is 4.92. The monoisotopic (exact) mass is 328 g/mol. The maximum absolute atomic E-state index is 12.9. The molecule has 0 N–H and O–H groups in total. The molecule has 0 radical (unpaired) electrons. The van der Waals surface area contributed by atoms with Crippen LogP contribution in [0.4, 0.5) is 0 Å². The lowest BCUT2D eigenvalue weighted by atomic mass is 10.2. The number of hydrogen-bond acceptors (Lipinski definition) is 4. The van der Waals surface area contributed by atoms with Crippen LogP contribution in [-0.4, -0.2) is 15.5 Å². The van der Waals surface area contributed by atoms with Crippen LogP contribution in [0.15, 0.2) is 53.3 Å². The maximum Gasteiger partial charge on any atom is 0.303 e. The Morgan fingerprint density at radius 3 is 2.61 bits per heavy atom. The van der Waals surface area contributed by atoms with Crippen LogP contribution >= 0.6 is 11.6 Å². The highest BCUT2D eigenvalue weighted by molar-refractivity contribution is 6.32. The smallest absolute Gasteiger partial charge is 0.303 e. The van der Waals surface area contributed by atoms with Gasteiger partial charge >= 0.3 is 5.97 Å². The highest BCUT2D eigenvalue weighted by atomic mass is 35.5. The number of rotatable bonds is 3. The predicted octanol–water partition coefficient (Wildman–Crippen LogP) is 3.10. The second-order valence-corrected chi connectivity index (χ2v) is 5.32. The fourth-order valence-corrected chi connectivity index (χ4v) is 2.54. The molecule has 23 heavy (non-hydrogen) atoms. The quantitative estimate of drug-likeness (QED) is 0.693. The molecule has 3 aromatic rings. The Balaban J connectivity index is 2.30. The first-order valence-corrected chi connectivity index (χ1v) is 7.34. The number of benzene rings is 2. The van der Waals surface area contributed by atoms with E-state index in [1.54, 1.807) is 48.5 Å². The molecule has 1 heterocycles. The molecule has 0 fully saturated rings. The third-order valence-electron chi connectivity index (χ3n) is 3.34. The average molecular weight is 329 g/mol. The molecule has 0 atom stereocenters. The molecule has 0 saturated heterocycles. The van der Waals surface area contributed by atoms with Crippen LogP contribution in [0.25, 0.3) is 16.6 Å². The number of carbonyl (C=O) groups excluding carboxylic acids is 1. The number of esters is 1. The van der Waals surface area contributed by atoms with Crippen molar-refractivity contribution in [3.05, 3.63) is 69.7 Å². The molecule has 0 unspecified atom stereocenters. The van der Waals surface area contributed by atoms with E-state index >= 15 is 0 Å². The van der Waals surface area contributed by atoms with Crippen molar-refractivity contribution in [3.63, 3.8) is 0 Å². The van der Waals surface area contributed by atoms with Gasteiger partial charge in [0.1, 0.15) is 6.61 Å². The Kier molecular flexibility index (Phi) is 4.12. The molecule has 0 spiro atoms. The lowest BCUT2D eigenvalue weighted by Crippen LogP contribution is -2.25. The standard InChI is InChI=1S/C17H13ClN2O3/c1-11(21)23-10-16-19-14-8-4-2-6-12(14)17(22)20(16)15-9-5-3-7-13(15)18/h2-9H,10H2,1H3. The van der Waals surface area contributed by atoms with Gasteiger partial charge in [-0.25, -0.2) is 4.98 Å². The van der Waals surface area contributed by atoms with Gasteiger partial charge in [-0.3, -0.25) is 14.2 Å². The van der Waals surface area contributed by atoms with Gasteiger partial charge in [0.25, 0.3) is 5.56 Å². The minimum Gasteiger partial charge on any atom is -0.458 e. The van der Waals surface area contributed by atoms with Crippen molar-refractivity contribution in [2.75, 3.05) is 0 Å². The highest BCUT2D eigenvalue weighted by Crippen LogP contribution is 2.21. The molecule has 0 aliphatic carbocycles. The zero-order chi connectivity index (χ0) is 16.4. The molecule has 0 aliphatic heterocycles. The number of halogens is 1. The molecule has 6 heteroatoms. The van der Waals surface area contributed by atoms with E-state index in [0.717, 1.165) is 0 Å². The summed E-state index contributed by atoms with van der Waals surface area (Å²) < 4.78 is 6.41. The number of ether oxygens (including phenoxy) is 1. The van der Waals surface area contributed by atoms with Gasteiger partial charge in [-0.1, -0.05) is 35.9 Å². The zero-order valence-electron chi connectivity index (χ0n) is 12.3. The molecular formula is C17H13ClN2O3. The molecule has 5 nitrogen and oxygen atoms in total. The summed E-state index contributed by atoms with van der Waals surface area (Å²) in [4.78, 5) is 28.4. The number of nitrogens with zero attached hydrogens (tertiary/aromatic N) is 2. The van der Waals surface area contributed by atoms with Crippen LogP contribution in [0, 0.1) is 0 Å². The van der Waals surface area contributed by atoms with E-state index < -0.39 is 5.97 Å². The molecule has 0 amide bonds. The molecular weight excluding hydrogens is 316 g/mol. The molecule has 2 aromatic carbocycles. The predicted molar refractivity (Wildman–Crippen MR) is 87.8 cm³/mol. The van der Waals surface area contributed by atoms with Crippen LogP contribution in [0.3, 0.4) is 0 Å². The number of carbonyl (C=O) groups is 1. The fourth-order valence-electron chi connectivity index (χ4n) is 2.32. The van der Waals surface area contributed by atoms with Crippen LogP contribution < -0.4 is 5.56 Å². The van der Waals surface area contributed by atoms with Gasteiger partial charge in [0.15, 0.2) is 5.82 Å². The van der Waals surface area contributed by atoms with Gasteiger partial charge < -0.3 is 4.74 Å². The summed E-state index contributed by atoms with van der Waals surface area (Å²) in [5, 5.41) is 0.884. The van der Waals surface area contributed by atoms with Gasteiger partial charge in [0.2, 0.25) is 0 Å². The molecule has 0 aliphatic rings. The van der Waals surface area contributed by atoms with Crippen LogP contribution in [0.5, 0.6) is 0 Å². The van der Waals surface area contributed by atoms with Crippen LogP contribution in [-0.2, 0) is 16.1 Å². The maximum atomic E-state index is 12.9. The Morgan fingerprint density at radius 1 is 1.17 bits per heavy atom. The van der Waals surface area contributed by atoms with E-state index in [1.807, 2.05) is 0 Å². The lowest BCUT2D eigenvalue weighted by molar-refractivity contribution is -0.142. The van der Waals surface area contributed by atoms with Gasteiger partial charge in [-0.15, -0.1) is 0 Å². The van der Waals surface area contributed by atoms with Crippen molar-refractivity contribution < 1.29 is 9.53 Å². The largest absolute Gasteiger partial charge is 0.458 e. The van der Waals surface area contributed by atoms with Crippen molar-refractivity contribution in [2.45, 2.75) is 13.5 Å². The van der Waals surface area contributed by atoms with Gasteiger partial charge in [0.05, 0.1) is 21.6 Å². The molecule has 1 aromatic heterocycles. The first-order valence-electron chi connectivity index (χ1n) is 6.97. The second kappa shape index (κ2) is 6.22. The van der Waals surface area contributed by atoms with Crippen LogP contribution in [0.1, 0.15) is 12.7 Å². The van der Waals surface area contributed by atoms with E-state index in [-0.39, 0.29) is 12.2 Å². The van der Waals surface area contributed by atoms with Crippen molar-refractivity contribution >= 4 is 28.5 Å². The highest BCUT2D eigenvalue weighted by Gasteiger charge is 2.15.